The Bertz CT molecular complexity index is 840. The van der Waals surface area contributed by atoms with E-state index in [0.29, 0.717) is 29.3 Å². The maximum atomic E-state index is 9.83. The van der Waals surface area contributed by atoms with Gasteiger partial charge in [0.25, 0.3) is 0 Å². The van der Waals surface area contributed by atoms with E-state index in [1.807, 2.05) is 4.57 Å². The fourth-order valence-corrected chi connectivity index (χ4v) is 2.66. The Labute approximate surface area is 131 Å². The topological polar surface area (TPSA) is 105 Å². The molecule has 2 aromatic heterocycles. The molecule has 0 spiro atoms. The number of hydrogen-bond acceptors (Lipinski definition) is 7. The molecule has 8 nitrogen and oxygen atoms in total. The van der Waals surface area contributed by atoms with E-state index in [9.17, 15) is 10.2 Å². The van der Waals surface area contributed by atoms with Gasteiger partial charge >= 0.3 is 6.01 Å². The van der Waals surface area contributed by atoms with Crippen LogP contribution in [0.1, 0.15) is 19.1 Å². The summed E-state index contributed by atoms with van der Waals surface area (Å²) in [6, 6.07) is 6.20. The van der Waals surface area contributed by atoms with Gasteiger partial charge in [-0.3, -0.25) is 4.57 Å². The molecule has 8 heteroatoms. The number of fused-ring (bicyclic) bond motifs is 1. The molecular weight excluding hydrogens is 298 g/mol. The van der Waals surface area contributed by atoms with Gasteiger partial charge in [0.15, 0.2) is 17.0 Å². The van der Waals surface area contributed by atoms with Crippen LogP contribution in [0.3, 0.4) is 0 Å². The summed E-state index contributed by atoms with van der Waals surface area (Å²) >= 11 is 0. The molecule has 23 heavy (non-hydrogen) atoms. The molecule has 4 rings (SSSR count). The molecule has 0 saturated carbocycles. The second-order valence-electron chi connectivity index (χ2n) is 5.34. The summed E-state index contributed by atoms with van der Waals surface area (Å²) in [7, 11) is 0. The molecule has 1 aliphatic rings. The maximum Gasteiger partial charge on any atom is 0.318 e. The summed E-state index contributed by atoms with van der Waals surface area (Å²) < 4.78 is 7.46. The fraction of sp³-hybridized carbons (Fsp3) is 0.267. The van der Waals surface area contributed by atoms with Crippen molar-refractivity contribution < 1.29 is 14.9 Å². The van der Waals surface area contributed by atoms with Crippen molar-refractivity contribution in [1.29, 1.82) is 0 Å². The van der Waals surface area contributed by atoms with Gasteiger partial charge in [-0.15, -0.1) is 0 Å². The van der Waals surface area contributed by atoms with E-state index in [4.69, 9.17) is 4.74 Å². The van der Waals surface area contributed by atoms with Crippen LogP contribution in [0.5, 0.6) is 11.8 Å². The van der Waals surface area contributed by atoms with Crippen molar-refractivity contribution in [3.05, 3.63) is 30.6 Å². The van der Waals surface area contributed by atoms with Gasteiger partial charge in [-0.2, -0.15) is 9.97 Å². The van der Waals surface area contributed by atoms with Gasteiger partial charge in [0.2, 0.25) is 0 Å². The number of nitrogens with one attached hydrogen (secondary N) is 1. The lowest BCUT2D eigenvalue weighted by atomic mass is 10.3. The molecular formula is C15H15N5O3. The van der Waals surface area contributed by atoms with Crippen molar-refractivity contribution in [2.45, 2.75) is 19.1 Å². The lowest BCUT2D eigenvalue weighted by Gasteiger charge is -2.12. The molecule has 0 bridgehead atoms. The summed E-state index contributed by atoms with van der Waals surface area (Å²) in [5, 5.41) is 22.3. The standard InChI is InChI=1S/C15H15N5O3/c21-10-5-3-9(4-6-10)17-13-12-14(19-15(22)18-13)20(8-16-12)11-2-1-7-23-11/h3-6,8,11,21H,1-2,7H2,(H2,17,18,19,22). The minimum Gasteiger partial charge on any atom is -0.508 e. The van der Waals surface area contributed by atoms with Crippen molar-refractivity contribution in [2.75, 3.05) is 11.9 Å². The van der Waals surface area contributed by atoms with Gasteiger partial charge in [0, 0.05) is 12.3 Å². The Kier molecular flexibility index (Phi) is 3.23. The largest absolute Gasteiger partial charge is 0.508 e. The van der Waals surface area contributed by atoms with Crippen molar-refractivity contribution in [2.24, 2.45) is 0 Å². The van der Waals surface area contributed by atoms with Crippen LogP contribution in [-0.4, -0.2) is 36.3 Å². The first-order valence-corrected chi connectivity index (χ1v) is 7.32. The lowest BCUT2D eigenvalue weighted by molar-refractivity contribution is 0.0592. The minimum absolute atomic E-state index is 0.115. The Morgan fingerprint density at radius 2 is 2.00 bits per heavy atom. The molecule has 0 aliphatic carbocycles. The van der Waals surface area contributed by atoms with Crippen LogP contribution in [0.25, 0.3) is 11.2 Å². The SMILES string of the molecule is Oc1ccc(Nc2nc(O)nc3c2ncn3C2CCCO2)cc1. The van der Waals surface area contributed by atoms with E-state index in [-0.39, 0.29) is 18.0 Å². The summed E-state index contributed by atoms with van der Waals surface area (Å²) in [5.74, 6) is 0.573. The Morgan fingerprint density at radius 1 is 1.17 bits per heavy atom. The number of phenols is 1. The van der Waals surface area contributed by atoms with Crippen molar-refractivity contribution in [3.8, 4) is 11.8 Å². The quantitative estimate of drug-likeness (QED) is 0.637. The van der Waals surface area contributed by atoms with E-state index < -0.39 is 0 Å². The first-order chi connectivity index (χ1) is 11.2. The van der Waals surface area contributed by atoms with E-state index in [1.54, 1.807) is 30.6 Å². The molecule has 3 N–H and O–H groups in total. The number of aromatic hydroxyl groups is 2. The molecule has 3 aromatic rings. The first kappa shape index (κ1) is 13.8. The zero-order valence-electron chi connectivity index (χ0n) is 12.2. The van der Waals surface area contributed by atoms with Crippen molar-refractivity contribution in [3.63, 3.8) is 0 Å². The van der Waals surface area contributed by atoms with Crippen molar-refractivity contribution >= 4 is 22.7 Å². The maximum absolute atomic E-state index is 9.83. The van der Waals surface area contributed by atoms with E-state index in [1.165, 1.54) is 0 Å². The second-order valence-corrected chi connectivity index (χ2v) is 5.34. The van der Waals surface area contributed by atoms with Gasteiger partial charge in [-0.05, 0) is 37.1 Å². The molecule has 1 aromatic carbocycles. The van der Waals surface area contributed by atoms with Crippen molar-refractivity contribution in [1.82, 2.24) is 19.5 Å². The zero-order chi connectivity index (χ0) is 15.8. The number of ether oxygens (including phenoxy) is 1. The number of nitrogens with zero attached hydrogens (tertiary/aromatic N) is 4. The molecule has 0 radical (unpaired) electrons. The van der Waals surface area contributed by atoms with E-state index in [2.05, 4.69) is 20.3 Å². The molecule has 1 saturated heterocycles. The summed E-state index contributed by atoms with van der Waals surface area (Å²) in [6.07, 6.45) is 3.41. The molecule has 0 amide bonds. The highest BCUT2D eigenvalue weighted by molar-refractivity contribution is 5.85. The summed E-state index contributed by atoms with van der Waals surface area (Å²) in [5.41, 5.74) is 1.78. The van der Waals surface area contributed by atoms with Crippen LogP contribution in [-0.2, 0) is 4.74 Å². The van der Waals surface area contributed by atoms with Crippen LogP contribution in [0.15, 0.2) is 30.6 Å². The highest BCUT2D eigenvalue weighted by Gasteiger charge is 2.22. The smallest absolute Gasteiger partial charge is 0.318 e. The normalized spacial score (nSPS) is 17.7. The number of anilines is 2. The average Bonchev–Trinajstić information content (AvgIpc) is 3.18. The van der Waals surface area contributed by atoms with Crippen LogP contribution in [0.4, 0.5) is 11.5 Å². The van der Waals surface area contributed by atoms with Crippen LogP contribution in [0, 0.1) is 0 Å². The number of hydrogen-bond donors (Lipinski definition) is 3. The molecule has 1 aliphatic heterocycles. The number of rotatable bonds is 3. The Morgan fingerprint density at radius 3 is 2.74 bits per heavy atom. The number of aromatic nitrogens is 4. The molecule has 1 fully saturated rings. The van der Waals surface area contributed by atoms with Gasteiger partial charge < -0.3 is 20.3 Å². The van der Waals surface area contributed by atoms with E-state index in [0.717, 1.165) is 12.8 Å². The van der Waals surface area contributed by atoms with Crippen LogP contribution >= 0.6 is 0 Å². The first-order valence-electron chi connectivity index (χ1n) is 7.32. The van der Waals surface area contributed by atoms with Crippen LogP contribution < -0.4 is 5.32 Å². The van der Waals surface area contributed by atoms with Crippen LogP contribution in [0.2, 0.25) is 0 Å². The highest BCUT2D eigenvalue weighted by Crippen LogP contribution is 2.30. The predicted molar refractivity (Wildman–Crippen MR) is 82.6 cm³/mol. The lowest BCUT2D eigenvalue weighted by Crippen LogP contribution is -2.07. The third-order valence-electron chi connectivity index (χ3n) is 3.76. The highest BCUT2D eigenvalue weighted by atomic mass is 16.5. The third kappa shape index (κ3) is 2.53. The molecule has 1 unspecified atom stereocenters. The van der Waals surface area contributed by atoms with E-state index >= 15 is 0 Å². The molecule has 3 heterocycles. The third-order valence-corrected chi connectivity index (χ3v) is 3.76. The summed E-state index contributed by atoms with van der Waals surface area (Å²) in [6.45, 7) is 0.708. The number of benzene rings is 1. The summed E-state index contributed by atoms with van der Waals surface area (Å²) in [4.78, 5) is 12.4. The predicted octanol–water partition coefficient (Wildman–Crippen LogP) is 2.29. The molecule has 118 valence electrons. The molecule has 1 atom stereocenters. The zero-order valence-corrected chi connectivity index (χ0v) is 12.2. The van der Waals surface area contributed by atoms with Gasteiger partial charge in [-0.25, -0.2) is 4.98 Å². The minimum atomic E-state index is -0.335. The number of imidazole rings is 1. The monoisotopic (exact) mass is 313 g/mol. The number of phenolic OH excluding ortho intramolecular Hbond substituents is 1. The van der Waals surface area contributed by atoms with Gasteiger partial charge in [0.1, 0.15) is 12.0 Å². The fourth-order valence-electron chi connectivity index (χ4n) is 2.66. The van der Waals surface area contributed by atoms with Gasteiger partial charge in [-0.1, -0.05) is 0 Å². The Hall–Kier alpha value is -2.87. The second kappa shape index (κ2) is 5.40. The average molecular weight is 313 g/mol. The van der Waals surface area contributed by atoms with Gasteiger partial charge in [0.05, 0.1) is 6.33 Å². The Balaban J connectivity index is 1.75.